The molecule has 67 heavy (non-hydrogen) atoms. The van der Waals surface area contributed by atoms with Crippen LogP contribution in [0.3, 0.4) is 0 Å². The first-order valence-corrected chi connectivity index (χ1v) is 25.4. The number of esters is 2. The third kappa shape index (κ3) is 20.8. The van der Waals surface area contributed by atoms with E-state index in [0.717, 1.165) is 24.3 Å². The van der Waals surface area contributed by atoms with E-state index >= 15 is 0 Å². The molecule has 0 saturated heterocycles. The summed E-state index contributed by atoms with van der Waals surface area (Å²) in [7, 11) is 0. The van der Waals surface area contributed by atoms with Crippen LogP contribution < -0.4 is 18.9 Å². The van der Waals surface area contributed by atoms with Crippen molar-refractivity contribution in [3.63, 3.8) is 0 Å². The van der Waals surface area contributed by atoms with Gasteiger partial charge in [-0.25, -0.2) is 9.59 Å². The Labute approximate surface area is 407 Å². The summed E-state index contributed by atoms with van der Waals surface area (Å²) in [4.78, 5) is 26.1. The molecular formula is C56H69BrN4O6. The first-order valence-electron chi connectivity index (χ1n) is 24.6. The van der Waals surface area contributed by atoms with Gasteiger partial charge in [-0.1, -0.05) is 129 Å². The Kier molecular flexibility index (Phi) is 24.4. The van der Waals surface area contributed by atoms with E-state index in [9.17, 15) is 9.59 Å². The van der Waals surface area contributed by atoms with Crippen molar-refractivity contribution in [2.24, 2.45) is 20.5 Å². The van der Waals surface area contributed by atoms with E-state index in [2.05, 4.69) is 50.2 Å². The second kappa shape index (κ2) is 31.3. The molecule has 5 rings (SSSR count). The van der Waals surface area contributed by atoms with Crippen LogP contribution in [-0.4, -0.2) is 25.2 Å². The first kappa shape index (κ1) is 52.3. The summed E-state index contributed by atoms with van der Waals surface area (Å²) in [6.45, 7) is 5.93. The molecule has 10 nitrogen and oxygen atoms in total. The maximum atomic E-state index is 13.1. The van der Waals surface area contributed by atoms with Crippen molar-refractivity contribution in [1.82, 2.24) is 0 Å². The molecule has 0 aliphatic heterocycles. The van der Waals surface area contributed by atoms with Gasteiger partial charge in [0.05, 0.1) is 51.6 Å². The largest absolute Gasteiger partial charge is 0.494 e. The molecule has 0 radical (unpaired) electrons. The number of hydrogen-bond acceptors (Lipinski definition) is 10. The van der Waals surface area contributed by atoms with E-state index < -0.39 is 11.9 Å². The highest BCUT2D eigenvalue weighted by Gasteiger charge is 2.15. The van der Waals surface area contributed by atoms with Gasteiger partial charge < -0.3 is 18.9 Å². The zero-order valence-corrected chi connectivity index (χ0v) is 41.2. The van der Waals surface area contributed by atoms with Gasteiger partial charge in [0.25, 0.3) is 0 Å². The van der Waals surface area contributed by atoms with Crippen LogP contribution in [0.2, 0.25) is 0 Å². The summed E-state index contributed by atoms with van der Waals surface area (Å²) in [6.07, 6.45) is 25.9. The molecule has 5 aromatic carbocycles. The number of carbonyl (C=O) groups excluding carboxylic acids is 2. The first-order chi connectivity index (χ1) is 32.9. The van der Waals surface area contributed by atoms with E-state index in [1.807, 2.05) is 48.5 Å². The Morgan fingerprint density at radius 3 is 1.07 bits per heavy atom. The molecule has 0 bridgehead atoms. The van der Waals surface area contributed by atoms with Crippen molar-refractivity contribution in [2.45, 2.75) is 142 Å². The predicted octanol–water partition coefficient (Wildman–Crippen LogP) is 18.3. The second-order valence-corrected chi connectivity index (χ2v) is 17.8. The summed E-state index contributed by atoms with van der Waals surface area (Å²) >= 11 is 3.43. The molecule has 5 aromatic rings. The Hall–Kier alpha value is -5.68. The fraction of sp³-hybridized carbons (Fsp3) is 0.429. The average molecular weight is 974 g/mol. The molecule has 0 atom stereocenters. The third-order valence-corrected chi connectivity index (χ3v) is 11.9. The molecule has 0 spiro atoms. The Morgan fingerprint density at radius 2 is 0.701 bits per heavy atom. The number of hydrogen-bond donors (Lipinski definition) is 0. The standard InChI is InChI=1S/C56H69BrN4O6/c1-3-5-7-9-11-13-15-17-19-21-41-64-50-35-31-48(32-36-50)60-58-46-27-23-44(24-28-46)55(62)66-52-39-40-53(57)54(43-52)67-56(63)45-25-29-47(30-26-45)59-61-49-33-37-51(38-34-49)65-42-22-20-18-16-14-12-10-8-6-4-2/h23-40,43H,3-22,41-42H2,1-2H3. The van der Waals surface area contributed by atoms with E-state index in [4.69, 9.17) is 18.9 Å². The number of rotatable bonds is 32. The quantitative estimate of drug-likeness (QED) is 0.0183. The lowest BCUT2D eigenvalue weighted by molar-refractivity contribution is 0.0732. The summed E-state index contributed by atoms with van der Waals surface area (Å²) in [5, 5.41) is 17.3. The molecular weight excluding hydrogens is 905 g/mol. The lowest BCUT2D eigenvalue weighted by Crippen LogP contribution is -2.10. The van der Waals surface area contributed by atoms with Crippen molar-refractivity contribution in [2.75, 3.05) is 13.2 Å². The zero-order chi connectivity index (χ0) is 47.2. The lowest BCUT2D eigenvalue weighted by Gasteiger charge is -2.10. The van der Waals surface area contributed by atoms with Crippen LogP contribution in [0.15, 0.2) is 140 Å². The van der Waals surface area contributed by atoms with Crippen molar-refractivity contribution >= 4 is 50.6 Å². The summed E-state index contributed by atoms with van der Waals surface area (Å²) in [5.74, 6) is 0.868. The van der Waals surface area contributed by atoms with Gasteiger partial charge in [0.2, 0.25) is 0 Å². The molecule has 11 heteroatoms. The molecule has 356 valence electrons. The number of ether oxygens (including phenoxy) is 4. The van der Waals surface area contributed by atoms with Crippen molar-refractivity contribution in [3.8, 4) is 23.0 Å². The zero-order valence-electron chi connectivity index (χ0n) is 39.6. The van der Waals surface area contributed by atoms with Crippen LogP contribution in [-0.2, 0) is 0 Å². The molecule has 0 aromatic heterocycles. The normalized spacial score (nSPS) is 11.3. The van der Waals surface area contributed by atoms with Crippen LogP contribution in [0.4, 0.5) is 22.7 Å². The van der Waals surface area contributed by atoms with Gasteiger partial charge in [-0.2, -0.15) is 20.5 Å². The number of nitrogens with zero attached hydrogens (tertiary/aromatic N) is 4. The van der Waals surface area contributed by atoms with E-state index in [0.29, 0.717) is 51.6 Å². The fourth-order valence-electron chi connectivity index (χ4n) is 7.29. The minimum atomic E-state index is -0.588. The average Bonchev–Trinajstić information content (AvgIpc) is 3.35. The van der Waals surface area contributed by atoms with Crippen LogP contribution in [0.25, 0.3) is 0 Å². The Morgan fingerprint density at radius 1 is 0.388 bits per heavy atom. The number of azo groups is 2. The predicted molar refractivity (Wildman–Crippen MR) is 273 cm³/mol. The van der Waals surface area contributed by atoms with Gasteiger partial charge >= 0.3 is 11.9 Å². The summed E-state index contributed by atoms with van der Waals surface area (Å²) in [5.41, 5.74) is 3.18. The maximum absolute atomic E-state index is 13.1. The molecule has 0 unspecified atom stereocenters. The van der Waals surface area contributed by atoms with Gasteiger partial charge in [-0.3, -0.25) is 0 Å². The van der Waals surface area contributed by atoms with Crippen molar-refractivity contribution < 1.29 is 28.5 Å². The molecule has 0 saturated carbocycles. The highest BCUT2D eigenvalue weighted by molar-refractivity contribution is 9.10. The van der Waals surface area contributed by atoms with Gasteiger partial charge in [-0.15, -0.1) is 0 Å². The molecule has 0 N–H and O–H groups in total. The number of carbonyl (C=O) groups is 2. The molecule has 0 aliphatic carbocycles. The fourth-order valence-corrected chi connectivity index (χ4v) is 7.61. The smallest absolute Gasteiger partial charge is 0.343 e. The van der Waals surface area contributed by atoms with Crippen LogP contribution in [0.1, 0.15) is 163 Å². The topological polar surface area (TPSA) is 121 Å². The number of halogens is 1. The summed E-state index contributed by atoms with van der Waals surface area (Å²) < 4.78 is 23.6. The van der Waals surface area contributed by atoms with Gasteiger partial charge in [0, 0.05) is 6.07 Å². The number of benzene rings is 5. The van der Waals surface area contributed by atoms with Crippen LogP contribution >= 0.6 is 15.9 Å². The SMILES string of the molecule is CCCCCCCCCCCCOc1ccc(N=Nc2ccc(C(=O)Oc3ccc(Br)c(OC(=O)c4ccc(N=Nc5ccc(OCCCCCCCCCCCC)cc5)cc4)c3)cc2)cc1. The van der Waals surface area contributed by atoms with Gasteiger partial charge in [0.15, 0.2) is 0 Å². The van der Waals surface area contributed by atoms with Crippen LogP contribution in [0.5, 0.6) is 23.0 Å². The monoisotopic (exact) mass is 972 g/mol. The highest BCUT2D eigenvalue weighted by Crippen LogP contribution is 2.31. The minimum absolute atomic E-state index is 0.194. The highest BCUT2D eigenvalue weighted by atomic mass is 79.9. The van der Waals surface area contributed by atoms with E-state index in [1.54, 1.807) is 60.7 Å². The third-order valence-electron chi connectivity index (χ3n) is 11.3. The lowest BCUT2D eigenvalue weighted by atomic mass is 10.1. The van der Waals surface area contributed by atoms with E-state index in [-0.39, 0.29) is 11.5 Å². The maximum Gasteiger partial charge on any atom is 0.343 e. The molecule has 0 heterocycles. The van der Waals surface area contributed by atoms with E-state index in [1.165, 1.54) is 122 Å². The minimum Gasteiger partial charge on any atom is -0.494 e. The molecule has 0 amide bonds. The van der Waals surface area contributed by atoms with Crippen LogP contribution in [0, 0.1) is 0 Å². The van der Waals surface area contributed by atoms with Crippen molar-refractivity contribution in [3.05, 3.63) is 131 Å². The second-order valence-electron chi connectivity index (χ2n) is 16.9. The Balaban J connectivity index is 0.990. The molecule has 0 aliphatic rings. The van der Waals surface area contributed by atoms with Gasteiger partial charge in [0.1, 0.15) is 23.0 Å². The number of unbranched alkanes of at least 4 members (excludes halogenated alkanes) is 18. The van der Waals surface area contributed by atoms with Gasteiger partial charge in [-0.05, 0) is 138 Å². The summed E-state index contributed by atoms with van der Waals surface area (Å²) in [6, 6.07) is 33.1. The van der Waals surface area contributed by atoms with Crippen molar-refractivity contribution in [1.29, 1.82) is 0 Å². The Bertz CT molecular complexity index is 2230. The molecule has 0 fully saturated rings.